The number of nitrogens with one attached hydrogen (secondary N) is 1. The van der Waals surface area contributed by atoms with Gasteiger partial charge in [-0.05, 0) is 37.0 Å². The molecule has 0 saturated carbocycles. The maximum absolute atomic E-state index is 4.30. The van der Waals surface area contributed by atoms with Crippen molar-refractivity contribution in [3.05, 3.63) is 24.6 Å². The van der Waals surface area contributed by atoms with Crippen LogP contribution >= 0.6 is 0 Å². The molecule has 22 heavy (non-hydrogen) atoms. The predicted molar refractivity (Wildman–Crippen MR) is 98.8 cm³/mol. The summed E-state index contributed by atoms with van der Waals surface area (Å²) in [5, 5.41) is 3.68. The molecule has 0 aromatic heterocycles. The second-order valence-electron chi connectivity index (χ2n) is 8.28. The summed E-state index contributed by atoms with van der Waals surface area (Å²) in [5.74, 6) is 0.592. The van der Waals surface area contributed by atoms with Crippen LogP contribution in [0.2, 0.25) is 0 Å². The van der Waals surface area contributed by atoms with E-state index in [1.807, 2.05) is 0 Å². The third kappa shape index (κ3) is 6.89. The summed E-state index contributed by atoms with van der Waals surface area (Å²) in [4.78, 5) is 2.48. The lowest BCUT2D eigenvalue weighted by molar-refractivity contribution is 0.223. The molecular formula is C20H38N2. The number of likely N-dealkylation sites (tertiary alicyclic amines) is 1. The fraction of sp³-hybridized carbons (Fsp3) is 0.800. The van der Waals surface area contributed by atoms with Gasteiger partial charge >= 0.3 is 0 Å². The van der Waals surface area contributed by atoms with Crippen LogP contribution in [0.1, 0.15) is 73.1 Å². The first kappa shape index (κ1) is 19.1. The first-order chi connectivity index (χ1) is 10.2. The summed E-state index contributed by atoms with van der Waals surface area (Å²) in [6, 6.07) is 0.593. The molecule has 1 heterocycles. The molecule has 0 spiro atoms. The first-order valence-electron chi connectivity index (χ1n) is 9.11. The van der Waals surface area contributed by atoms with Crippen molar-refractivity contribution in [2.75, 3.05) is 13.1 Å². The van der Waals surface area contributed by atoms with E-state index in [9.17, 15) is 0 Å². The molecule has 128 valence electrons. The van der Waals surface area contributed by atoms with Gasteiger partial charge in [-0.3, -0.25) is 0 Å². The van der Waals surface area contributed by atoms with Crippen molar-refractivity contribution in [2.45, 2.75) is 79.2 Å². The average molecular weight is 307 g/mol. The van der Waals surface area contributed by atoms with Gasteiger partial charge in [-0.15, -0.1) is 0 Å². The Kier molecular flexibility index (Phi) is 7.52. The van der Waals surface area contributed by atoms with Crippen LogP contribution in [0.4, 0.5) is 0 Å². The van der Waals surface area contributed by atoms with Crippen LogP contribution in [0.15, 0.2) is 24.6 Å². The molecule has 1 saturated heterocycles. The average Bonchev–Trinajstić information content (AvgIpc) is 2.43. The molecule has 0 amide bonds. The zero-order chi connectivity index (χ0) is 16.8. The number of nitrogens with zero attached hydrogens (tertiary/aromatic N) is 1. The number of rotatable bonds is 8. The van der Waals surface area contributed by atoms with Gasteiger partial charge in [0.1, 0.15) is 0 Å². The third-order valence-corrected chi connectivity index (χ3v) is 4.65. The lowest BCUT2D eigenvalue weighted by Crippen LogP contribution is -2.42. The van der Waals surface area contributed by atoms with Gasteiger partial charge in [-0.2, -0.15) is 0 Å². The standard InChI is InChI=1S/C20H38N2/c1-8-9-10-16(2)18(4)21-19-11-13-22(14-12-19)17(3)15-20(5,6)7/h16,19,21H,3-4,8-15H2,1-2,5-7H3. The Hall–Kier alpha value is -0.920. The molecule has 0 aromatic rings. The fourth-order valence-corrected chi connectivity index (χ4v) is 3.15. The van der Waals surface area contributed by atoms with E-state index in [2.05, 4.69) is 58.0 Å². The zero-order valence-electron chi connectivity index (χ0n) is 15.7. The highest BCUT2D eigenvalue weighted by Crippen LogP contribution is 2.27. The number of piperidine rings is 1. The second kappa shape index (κ2) is 8.64. The molecule has 1 N–H and O–H groups in total. The Labute approximate surface area is 139 Å². The van der Waals surface area contributed by atoms with Gasteiger partial charge in [-0.25, -0.2) is 0 Å². The minimum atomic E-state index is 0.329. The predicted octanol–water partition coefficient (Wildman–Crippen LogP) is 5.33. The highest BCUT2D eigenvalue weighted by Gasteiger charge is 2.23. The highest BCUT2D eigenvalue weighted by atomic mass is 15.2. The topological polar surface area (TPSA) is 15.3 Å². The Balaban J connectivity index is 2.33. The number of hydrogen-bond donors (Lipinski definition) is 1. The van der Waals surface area contributed by atoms with Gasteiger partial charge in [0.15, 0.2) is 0 Å². The summed E-state index contributed by atoms with van der Waals surface area (Å²) >= 11 is 0. The lowest BCUT2D eigenvalue weighted by atomic mass is 9.89. The molecule has 1 unspecified atom stereocenters. The van der Waals surface area contributed by atoms with Gasteiger partial charge in [0.05, 0.1) is 0 Å². The van der Waals surface area contributed by atoms with Gasteiger partial charge in [-0.1, -0.05) is 60.6 Å². The Morgan fingerprint density at radius 2 is 1.82 bits per heavy atom. The van der Waals surface area contributed by atoms with Crippen LogP contribution in [0, 0.1) is 11.3 Å². The Morgan fingerprint density at radius 3 is 2.32 bits per heavy atom. The second-order valence-corrected chi connectivity index (χ2v) is 8.28. The van der Waals surface area contributed by atoms with Crippen molar-refractivity contribution in [1.82, 2.24) is 10.2 Å². The monoisotopic (exact) mass is 306 g/mol. The molecule has 0 aliphatic carbocycles. The molecular weight excluding hydrogens is 268 g/mol. The van der Waals surface area contributed by atoms with Gasteiger partial charge in [0.25, 0.3) is 0 Å². The molecule has 1 fully saturated rings. The third-order valence-electron chi connectivity index (χ3n) is 4.65. The minimum absolute atomic E-state index is 0.329. The first-order valence-corrected chi connectivity index (χ1v) is 9.11. The maximum atomic E-state index is 4.30. The Morgan fingerprint density at radius 1 is 1.23 bits per heavy atom. The molecule has 0 aromatic carbocycles. The highest BCUT2D eigenvalue weighted by molar-refractivity contribution is 5.03. The summed E-state index contributed by atoms with van der Waals surface area (Å²) < 4.78 is 0. The van der Waals surface area contributed by atoms with Gasteiger partial charge in [0.2, 0.25) is 0 Å². The van der Waals surface area contributed by atoms with E-state index in [4.69, 9.17) is 0 Å². The normalized spacial score (nSPS) is 18.1. The molecule has 1 aliphatic rings. The molecule has 0 bridgehead atoms. The van der Waals surface area contributed by atoms with Gasteiger partial charge < -0.3 is 10.2 Å². The molecule has 1 rings (SSSR count). The fourth-order valence-electron chi connectivity index (χ4n) is 3.15. The number of allylic oxidation sites excluding steroid dienone is 2. The molecule has 0 radical (unpaired) electrons. The van der Waals surface area contributed by atoms with Crippen molar-refractivity contribution in [2.24, 2.45) is 11.3 Å². The quantitative estimate of drug-likeness (QED) is 0.652. The summed E-state index contributed by atoms with van der Waals surface area (Å²) in [5.41, 5.74) is 2.87. The van der Waals surface area contributed by atoms with Crippen LogP contribution in [0.3, 0.4) is 0 Å². The van der Waals surface area contributed by atoms with E-state index < -0.39 is 0 Å². The van der Waals surface area contributed by atoms with Crippen molar-refractivity contribution in [3.8, 4) is 0 Å². The van der Waals surface area contributed by atoms with Crippen molar-refractivity contribution in [1.29, 1.82) is 0 Å². The number of hydrogen-bond acceptors (Lipinski definition) is 2. The van der Waals surface area contributed by atoms with Crippen LogP contribution in [0.5, 0.6) is 0 Å². The van der Waals surface area contributed by atoms with Crippen LogP contribution < -0.4 is 5.32 Å². The summed E-state index contributed by atoms with van der Waals surface area (Å²) in [7, 11) is 0. The number of unbranched alkanes of at least 4 members (excludes halogenated alkanes) is 1. The van der Waals surface area contributed by atoms with Crippen molar-refractivity contribution >= 4 is 0 Å². The van der Waals surface area contributed by atoms with E-state index >= 15 is 0 Å². The molecule has 2 nitrogen and oxygen atoms in total. The lowest BCUT2D eigenvalue weighted by Gasteiger charge is -2.38. The SMILES string of the molecule is C=C(NC1CCN(C(=C)CC(C)(C)C)CC1)C(C)CCCC. The molecule has 2 heteroatoms. The van der Waals surface area contributed by atoms with E-state index in [0.717, 1.165) is 19.5 Å². The van der Waals surface area contributed by atoms with E-state index in [1.165, 1.54) is 43.5 Å². The summed E-state index contributed by atoms with van der Waals surface area (Å²) in [6.45, 7) is 22.2. The molecule has 1 aliphatic heterocycles. The van der Waals surface area contributed by atoms with Crippen LogP contribution in [-0.4, -0.2) is 24.0 Å². The van der Waals surface area contributed by atoms with E-state index in [0.29, 0.717) is 17.4 Å². The zero-order valence-corrected chi connectivity index (χ0v) is 15.7. The van der Waals surface area contributed by atoms with Crippen LogP contribution in [-0.2, 0) is 0 Å². The van der Waals surface area contributed by atoms with E-state index in [-0.39, 0.29) is 0 Å². The van der Waals surface area contributed by atoms with Gasteiger partial charge in [0, 0.05) is 30.5 Å². The van der Waals surface area contributed by atoms with Crippen molar-refractivity contribution in [3.63, 3.8) is 0 Å². The molecule has 1 atom stereocenters. The van der Waals surface area contributed by atoms with Crippen molar-refractivity contribution < 1.29 is 0 Å². The summed E-state index contributed by atoms with van der Waals surface area (Å²) in [6.07, 6.45) is 7.31. The largest absolute Gasteiger partial charge is 0.386 e. The Bertz CT molecular complexity index is 356. The minimum Gasteiger partial charge on any atom is -0.386 e. The van der Waals surface area contributed by atoms with Crippen LogP contribution in [0.25, 0.3) is 0 Å². The smallest absolute Gasteiger partial charge is 0.0291 e. The van der Waals surface area contributed by atoms with E-state index in [1.54, 1.807) is 0 Å². The maximum Gasteiger partial charge on any atom is 0.0291 e.